The summed E-state index contributed by atoms with van der Waals surface area (Å²) in [5.41, 5.74) is 0. The molecule has 3 atom stereocenters. The van der Waals surface area contributed by atoms with Crippen LogP contribution in [0.5, 0.6) is 0 Å². The molecule has 0 saturated carbocycles. The van der Waals surface area contributed by atoms with E-state index in [1.54, 1.807) is 0 Å². The summed E-state index contributed by atoms with van der Waals surface area (Å²) in [7, 11) is 1.17. The van der Waals surface area contributed by atoms with E-state index >= 15 is 0 Å². The first-order valence-electron chi connectivity index (χ1n) is 31.7. The first-order valence-corrected chi connectivity index (χ1v) is 33.2. The summed E-state index contributed by atoms with van der Waals surface area (Å²) >= 11 is 0. The van der Waals surface area contributed by atoms with Crippen LogP contribution in [0.25, 0.3) is 0 Å². The van der Waals surface area contributed by atoms with Crippen LogP contribution in [0.15, 0.2) is 72.9 Å². The Morgan fingerprint density at radius 1 is 0.461 bits per heavy atom. The van der Waals surface area contributed by atoms with Crippen molar-refractivity contribution >= 4 is 19.7 Å². The van der Waals surface area contributed by atoms with E-state index in [0.717, 1.165) is 103 Å². The lowest BCUT2D eigenvalue weighted by atomic mass is 10.0. The van der Waals surface area contributed by atoms with Crippen LogP contribution in [0.3, 0.4) is 0 Å². The molecule has 9 nitrogen and oxygen atoms in total. The monoisotopic (exact) mass is 1080 g/mol. The van der Waals surface area contributed by atoms with Crippen molar-refractivity contribution in [3.63, 3.8) is 0 Å². The van der Waals surface area contributed by atoms with Crippen LogP contribution in [0.2, 0.25) is 0 Å². The highest BCUT2D eigenvalue weighted by Gasteiger charge is 2.27. The highest BCUT2D eigenvalue weighted by Crippen LogP contribution is 2.38. The largest absolute Gasteiger partial charge is 0.756 e. The lowest BCUT2D eigenvalue weighted by Gasteiger charge is -2.30. The van der Waals surface area contributed by atoms with Crippen LogP contribution in [0.4, 0.5) is 0 Å². The number of carbonyl (C=O) groups excluding carboxylic acids is 2. The number of hydrogen-bond donors (Lipinski definition) is 1. The van der Waals surface area contributed by atoms with Crippen molar-refractivity contribution in [2.75, 3.05) is 40.9 Å². The van der Waals surface area contributed by atoms with Gasteiger partial charge in [-0.15, -0.1) is 0 Å². The van der Waals surface area contributed by atoms with Crippen molar-refractivity contribution in [3.8, 4) is 0 Å². The van der Waals surface area contributed by atoms with Gasteiger partial charge in [-0.05, 0) is 102 Å². The Kier molecular flexibility index (Phi) is 53.9. The zero-order valence-corrected chi connectivity index (χ0v) is 51.3. The lowest BCUT2D eigenvalue weighted by molar-refractivity contribution is -0.870. The van der Waals surface area contributed by atoms with E-state index in [1.807, 2.05) is 33.3 Å². The Bertz CT molecular complexity index is 1530. The van der Waals surface area contributed by atoms with Crippen molar-refractivity contribution in [3.05, 3.63) is 72.9 Å². The molecular formula is C66H121N2O7P. The van der Waals surface area contributed by atoms with Gasteiger partial charge < -0.3 is 28.5 Å². The normalized spacial score (nSPS) is 14.1. The summed E-state index contributed by atoms with van der Waals surface area (Å²) < 4.78 is 30.3. The zero-order valence-electron chi connectivity index (χ0n) is 50.4. The van der Waals surface area contributed by atoms with E-state index < -0.39 is 26.6 Å². The van der Waals surface area contributed by atoms with Crippen LogP contribution in [0, 0.1) is 0 Å². The van der Waals surface area contributed by atoms with Gasteiger partial charge in [0.15, 0.2) is 0 Å². The number of nitrogens with one attached hydrogen (secondary N) is 1. The molecule has 0 aromatic heterocycles. The van der Waals surface area contributed by atoms with Gasteiger partial charge in [-0.1, -0.05) is 242 Å². The quantitative estimate of drug-likeness (QED) is 0.0212. The second kappa shape index (κ2) is 55.8. The molecule has 0 radical (unpaired) electrons. The second-order valence-corrected chi connectivity index (χ2v) is 24.0. The van der Waals surface area contributed by atoms with Gasteiger partial charge in [0, 0.05) is 12.8 Å². The first kappa shape index (κ1) is 73.5. The Morgan fingerprint density at radius 2 is 0.803 bits per heavy atom. The molecule has 442 valence electrons. The number of phosphoric ester groups is 1. The number of unbranched alkanes of at least 4 members (excludes halogenated alkanes) is 31. The van der Waals surface area contributed by atoms with Gasteiger partial charge in [0.1, 0.15) is 19.3 Å². The maximum Gasteiger partial charge on any atom is 0.306 e. The topological polar surface area (TPSA) is 114 Å². The number of rotatable bonds is 57. The SMILES string of the molecule is CCCCC/C=C\C/C=C\C/C=C\C/C=C\CCCCCCCCCC(=O)NC(COP(=O)([O-])OCC[N+](C)(C)C)C(/C=C\CCCCCCCCCCCC)OC(=O)CCCCCCCCC/C=C\CCCCCC. The van der Waals surface area contributed by atoms with E-state index in [4.69, 9.17) is 13.8 Å². The maximum absolute atomic E-state index is 13.5. The molecule has 0 aliphatic heterocycles. The van der Waals surface area contributed by atoms with Gasteiger partial charge in [-0.3, -0.25) is 14.2 Å². The molecule has 3 unspecified atom stereocenters. The minimum absolute atomic E-state index is 0.0273. The number of hydrogen-bond acceptors (Lipinski definition) is 7. The summed E-state index contributed by atoms with van der Waals surface area (Å²) in [5.74, 6) is -0.556. The molecule has 0 bridgehead atoms. The first-order chi connectivity index (χ1) is 36.9. The van der Waals surface area contributed by atoms with E-state index in [9.17, 15) is 19.0 Å². The van der Waals surface area contributed by atoms with Gasteiger partial charge in [0.05, 0.1) is 33.8 Å². The fraction of sp³-hybridized carbons (Fsp3) is 0.788. The molecule has 1 amide bonds. The lowest BCUT2D eigenvalue weighted by Crippen LogP contribution is -2.47. The third kappa shape index (κ3) is 56.2. The number of ether oxygens (including phenoxy) is 1. The highest BCUT2D eigenvalue weighted by atomic mass is 31.2. The Hall–Kier alpha value is -2.55. The van der Waals surface area contributed by atoms with Crippen LogP contribution in [-0.4, -0.2) is 69.4 Å². The summed E-state index contributed by atoms with van der Waals surface area (Å²) in [4.78, 5) is 40.0. The second-order valence-electron chi connectivity index (χ2n) is 22.6. The smallest absolute Gasteiger partial charge is 0.306 e. The summed E-state index contributed by atoms with van der Waals surface area (Å²) in [6.07, 6.45) is 71.5. The summed E-state index contributed by atoms with van der Waals surface area (Å²) in [6, 6.07) is -0.898. The maximum atomic E-state index is 13.5. The summed E-state index contributed by atoms with van der Waals surface area (Å²) in [6.45, 7) is 6.80. The average Bonchev–Trinajstić information content (AvgIpc) is 3.38. The molecule has 0 aromatic carbocycles. The van der Waals surface area contributed by atoms with Crippen molar-refractivity contribution in [1.82, 2.24) is 5.32 Å². The van der Waals surface area contributed by atoms with E-state index in [0.29, 0.717) is 17.4 Å². The predicted molar refractivity (Wildman–Crippen MR) is 325 cm³/mol. The summed E-state index contributed by atoms with van der Waals surface area (Å²) in [5, 5.41) is 3.03. The Balaban J connectivity index is 5.22. The Morgan fingerprint density at radius 3 is 1.25 bits per heavy atom. The molecule has 0 fully saturated rings. The fourth-order valence-electron chi connectivity index (χ4n) is 8.91. The van der Waals surface area contributed by atoms with Crippen molar-refractivity contribution in [2.45, 2.75) is 296 Å². The van der Waals surface area contributed by atoms with Gasteiger partial charge in [0.2, 0.25) is 5.91 Å². The molecule has 1 N–H and O–H groups in total. The third-order valence-electron chi connectivity index (χ3n) is 13.9. The van der Waals surface area contributed by atoms with Crippen LogP contribution < -0.4 is 10.2 Å². The molecule has 10 heteroatoms. The molecule has 0 heterocycles. The van der Waals surface area contributed by atoms with Crippen molar-refractivity contribution < 1.29 is 37.3 Å². The van der Waals surface area contributed by atoms with Crippen LogP contribution >= 0.6 is 7.82 Å². The number of amides is 1. The predicted octanol–water partition coefficient (Wildman–Crippen LogP) is 19.0. The standard InChI is InChI=1S/C66H121N2O7P/c1-7-10-13-16-19-22-25-28-30-31-32-33-34-35-36-37-39-40-43-46-49-52-55-58-65(69)67-63(62-74-76(71,72)73-61-60-68(4,5)6)64(57-54-51-48-45-42-27-24-21-18-15-12-9-3)75-66(70)59-56-53-50-47-44-41-38-29-26-23-20-17-14-11-8-2/h19,22-23,26,28,30,32-33,35-36,54,57,63-64H,7-18,20-21,24-25,27,29,31,34,37-53,55-56,58-62H2,1-6H3,(H-,67,69,71,72)/b22-19-,26-23-,30-28-,33-32-,36-35-,57-54-. The van der Waals surface area contributed by atoms with Gasteiger partial charge in [-0.25, -0.2) is 0 Å². The number of carbonyl (C=O) groups is 2. The molecule has 0 aliphatic carbocycles. The number of phosphoric acid groups is 1. The average molecular weight is 1090 g/mol. The van der Waals surface area contributed by atoms with E-state index in [1.165, 1.54) is 148 Å². The molecule has 0 aliphatic rings. The van der Waals surface area contributed by atoms with Crippen molar-refractivity contribution in [1.29, 1.82) is 0 Å². The van der Waals surface area contributed by atoms with Gasteiger partial charge in [0.25, 0.3) is 7.82 Å². The fourth-order valence-corrected chi connectivity index (χ4v) is 9.63. The molecule has 0 saturated heterocycles. The third-order valence-corrected chi connectivity index (χ3v) is 14.8. The Labute approximate surface area is 470 Å². The number of esters is 1. The minimum atomic E-state index is -4.70. The van der Waals surface area contributed by atoms with Crippen LogP contribution in [-0.2, 0) is 27.9 Å². The number of likely N-dealkylation sites (N-methyl/N-ethyl adjacent to an activating group) is 1. The minimum Gasteiger partial charge on any atom is -0.756 e. The van der Waals surface area contributed by atoms with Crippen LogP contribution in [0.1, 0.15) is 284 Å². The molecule has 0 spiro atoms. The number of quaternary nitrogens is 1. The molecule has 76 heavy (non-hydrogen) atoms. The van der Waals surface area contributed by atoms with Gasteiger partial charge >= 0.3 is 5.97 Å². The molecule has 0 rings (SSSR count). The van der Waals surface area contributed by atoms with Gasteiger partial charge in [-0.2, -0.15) is 0 Å². The van der Waals surface area contributed by atoms with Crippen molar-refractivity contribution in [2.24, 2.45) is 0 Å². The van der Waals surface area contributed by atoms with E-state index in [2.05, 4.69) is 86.8 Å². The number of allylic oxidation sites excluding steroid dienone is 11. The number of nitrogens with zero attached hydrogens (tertiary/aromatic N) is 1. The van der Waals surface area contributed by atoms with E-state index in [-0.39, 0.29) is 24.9 Å². The zero-order chi connectivity index (χ0) is 55.7. The molecular weight excluding hydrogens is 964 g/mol. The molecule has 0 aromatic rings. The highest BCUT2D eigenvalue weighted by molar-refractivity contribution is 7.45.